The van der Waals surface area contributed by atoms with Gasteiger partial charge >= 0.3 is 0 Å². The minimum atomic E-state index is 0.444. The van der Waals surface area contributed by atoms with Gasteiger partial charge in [-0.1, -0.05) is 24.3 Å². The molecule has 13 heavy (non-hydrogen) atoms. The van der Waals surface area contributed by atoms with Crippen LogP contribution in [0.5, 0.6) is 0 Å². The normalized spacial score (nSPS) is 20.8. The van der Waals surface area contributed by atoms with Crippen LogP contribution in [0, 0.1) is 0 Å². The average molecular weight is 176 g/mol. The van der Waals surface area contributed by atoms with Gasteiger partial charge in [0, 0.05) is 6.42 Å². The van der Waals surface area contributed by atoms with Crippen LogP contribution in [-0.2, 0) is 11.2 Å². The molecule has 1 heterocycles. The summed E-state index contributed by atoms with van der Waals surface area (Å²) in [4.78, 5) is 0. The highest BCUT2D eigenvalue weighted by molar-refractivity contribution is 5.48. The zero-order valence-electron chi connectivity index (χ0n) is 7.31. The summed E-state index contributed by atoms with van der Waals surface area (Å²) in [6.07, 6.45) is 4.17. The summed E-state index contributed by atoms with van der Waals surface area (Å²) in [5.74, 6) is 0. The fourth-order valence-electron chi connectivity index (χ4n) is 1.30. The molecular weight excluding hydrogens is 164 g/mol. The van der Waals surface area contributed by atoms with E-state index < -0.39 is 0 Å². The van der Waals surface area contributed by atoms with Crippen molar-refractivity contribution in [1.29, 1.82) is 0 Å². The maximum atomic E-state index is 8.54. The maximum Gasteiger partial charge on any atom is 0.0850 e. The van der Waals surface area contributed by atoms with Crippen molar-refractivity contribution in [2.75, 3.05) is 6.61 Å². The lowest BCUT2D eigenvalue weighted by atomic mass is 10.1. The molecule has 2 nitrogen and oxygen atoms in total. The number of ether oxygens (including phenoxy) is 1. The Bertz CT molecular complexity index is 296. The summed E-state index contributed by atoms with van der Waals surface area (Å²) in [5, 5.41) is 8.54. The fourth-order valence-corrected chi connectivity index (χ4v) is 1.30. The Hall–Kier alpha value is -1.28. The minimum absolute atomic E-state index is 0.444. The van der Waals surface area contributed by atoms with E-state index in [0.29, 0.717) is 6.10 Å². The number of benzene rings is 1. The van der Waals surface area contributed by atoms with Gasteiger partial charge in [0.2, 0.25) is 0 Å². The molecule has 1 aromatic carbocycles. The molecule has 1 fully saturated rings. The van der Waals surface area contributed by atoms with E-state index >= 15 is 0 Å². The van der Waals surface area contributed by atoms with Crippen LogP contribution in [0.25, 0.3) is 6.08 Å². The smallest absolute Gasteiger partial charge is 0.0850 e. The van der Waals surface area contributed by atoms with Crippen LogP contribution in [0.4, 0.5) is 0 Å². The van der Waals surface area contributed by atoms with Gasteiger partial charge in [-0.25, -0.2) is 0 Å². The summed E-state index contributed by atoms with van der Waals surface area (Å²) < 4.78 is 5.14. The molecule has 1 aliphatic heterocycles. The second-order valence-corrected chi connectivity index (χ2v) is 3.22. The first-order valence-electron chi connectivity index (χ1n) is 4.40. The van der Waals surface area contributed by atoms with Crippen molar-refractivity contribution in [3.8, 4) is 0 Å². The minimum Gasteiger partial charge on any atom is -0.516 e. The van der Waals surface area contributed by atoms with Crippen molar-refractivity contribution in [2.45, 2.75) is 12.5 Å². The van der Waals surface area contributed by atoms with E-state index in [1.54, 1.807) is 6.08 Å². The van der Waals surface area contributed by atoms with Gasteiger partial charge < -0.3 is 9.84 Å². The van der Waals surface area contributed by atoms with E-state index in [1.807, 2.05) is 12.1 Å². The number of rotatable bonds is 3. The largest absolute Gasteiger partial charge is 0.516 e. The van der Waals surface area contributed by atoms with Crippen molar-refractivity contribution in [3.63, 3.8) is 0 Å². The second kappa shape index (κ2) is 3.62. The Morgan fingerprint density at radius 3 is 2.62 bits per heavy atom. The molecule has 0 aliphatic carbocycles. The fraction of sp³-hybridized carbons (Fsp3) is 0.273. The molecule has 0 spiro atoms. The first-order valence-corrected chi connectivity index (χ1v) is 4.40. The van der Waals surface area contributed by atoms with E-state index in [0.717, 1.165) is 24.9 Å². The first-order chi connectivity index (χ1) is 6.38. The molecule has 1 unspecified atom stereocenters. The first kappa shape index (κ1) is 8.32. The van der Waals surface area contributed by atoms with Crippen molar-refractivity contribution in [3.05, 3.63) is 41.7 Å². The summed E-state index contributed by atoms with van der Waals surface area (Å²) in [7, 11) is 0. The molecule has 0 radical (unpaired) electrons. The second-order valence-electron chi connectivity index (χ2n) is 3.22. The summed E-state index contributed by atoms with van der Waals surface area (Å²) >= 11 is 0. The topological polar surface area (TPSA) is 32.8 Å². The van der Waals surface area contributed by atoms with Crippen molar-refractivity contribution < 1.29 is 9.84 Å². The third-order valence-electron chi connectivity index (χ3n) is 2.11. The van der Waals surface area contributed by atoms with Crippen LogP contribution in [0.2, 0.25) is 0 Å². The molecule has 1 saturated heterocycles. The zero-order chi connectivity index (χ0) is 9.10. The van der Waals surface area contributed by atoms with E-state index in [-0.39, 0.29) is 0 Å². The monoisotopic (exact) mass is 176 g/mol. The van der Waals surface area contributed by atoms with Crippen LogP contribution in [0.1, 0.15) is 11.1 Å². The molecule has 0 saturated carbocycles. The quantitative estimate of drug-likeness (QED) is 0.565. The average Bonchev–Trinajstić information content (AvgIpc) is 2.93. The van der Waals surface area contributed by atoms with Gasteiger partial charge in [0.1, 0.15) is 0 Å². The lowest BCUT2D eigenvalue weighted by Gasteiger charge is -1.98. The van der Waals surface area contributed by atoms with Gasteiger partial charge in [0.25, 0.3) is 0 Å². The van der Waals surface area contributed by atoms with Crippen molar-refractivity contribution in [1.82, 2.24) is 0 Å². The molecular formula is C11H12O2. The Kier molecular flexibility index (Phi) is 2.32. The summed E-state index contributed by atoms with van der Waals surface area (Å²) in [6, 6.07) is 8.11. The van der Waals surface area contributed by atoms with Gasteiger partial charge in [0.15, 0.2) is 0 Å². The standard InChI is InChI=1S/C11H12O2/c12-6-5-9-1-3-10(4-2-9)7-11-8-13-11/h1-6,11-12H,7-8H2. The molecule has 1 N–H and O–H groups in total. The van der Waals surface area contributed by atoms with Gasteiger partial charge in [-0.3, -0.25) is 0 Å². The lowest BCUT2D eigenvalue weighted by Crippen LogP contribution is -1.91. The number of aliphatic hydroxyl groups excluding tert-OH is 1. The Morgan fingerprint density at radius 1 is 1.38 bits per heavy atom. The van der Waals surface area contributed by atoms with E-state index in [9.17, 15) is 0 Å². The van der Waals surface area contributed by atoms with Crippen LogP contribution in [-0.4, -0.2) is 17.8 Å². The molecule has 0 amide bonds. The summed E-state index contributed by atoms with van der Waals surface area (Å²) in [5.41, 5.74) is 2.31. The van der Waals surface area contributed by atoms with Crippen LogP contribution < -0.4 is 0 Å². The third kappa shape index (κ3) is 2.33. The van der Waals surface area contributed by atoms with E-state index in [2.05, 4.69) is 12.1 Å². The Balaban J connectivity index is 2.03. The maximum absolute atomic E-state index is 8.54. The van der Waals surface area contributed by atoms with Crippen molar-refractivity contribution in [2.24, 2.45) is 0 Å². The molecule has 1 aromatic rings. The Morgan fingerprint density at radius 2 is 2.08 bits per heavy atom. The highest BCUT2D eigenvalue weighted by atomic mass is 16.6. The molecule has 0 aromatic heterocycles. The van der Waals surface area contributed by atoms with Gasteiger partial charge in [-0.15, -0.1) is 0 Å². The molecule has 0 bridgehead atoms. The molecule has 1 aliphatic rings. The zero-order valence-corrected chi connectivity index (χ0v) is 7.31. The number of hydrogen-bond acceptors (Lipinski definition) is 2. The molecule has 68 valence electrons. The molecule has 2 heteroatoms. The van der Waals surface area contributed by atoms with Crippen LogP contribution in [0.15, 0.2) is 30.5 Å². The molecule has 2 rings (SSSR count). The predicted octanol–water partition coefficient (Wildman–Crippen LogP) is 2.16. The highest BCUT2D eigenvalue weighted by Crippen LogP contribution is 2.16. The predicted molar refractivity (Wildman–Crippen MR) is 51.5 cm³/mol. The Labute approximate surface area is 77.5 Å². The highest BCUT2D eigenvalue weighted by Gasteiger charge is 2.22. The lowest BCUT2D eigenvalue weighted by molar-refractivity contribution is 0.407. The third-order valence-corrected chi connectivity index (χ3v) is 2.11. The van der Waals surface area contributed by atoms with Gasteiger partial charge in [-0.05, 0) is 17.2 Å². The SMILES string of the molecule is OC=Cc1ccc(CC2CO2)cc1. The number of epoxide rings is 1. The van der Waals surface area contributed by atoms with Crippen LogP contribution in [0.3, 0.4) is 0 Å². The van der Waals surface area contributed by atoms with Gasteiger partial charge in [-0.2, -0.15) is 0 Å². The number of aliphatic hydroxyl groups is 1. The van der Waals surface area contributed by atoms with Gasteiger partial charge in [0.05, 0.1) is 19.0 Å². The van der Waals surface area contributed by atoms with E-state index in [1.165, 1.54) is 5.56 Å². The van der Waals surface area contributed by atoms with Crippen LogP contribution >= 0.6 is 0 Å². The molecule has 1 atom stereocenters. The van der Waals surface area contributed by atoms with Crippen molar-refractivity contribution >= 4 is 6.08 Å². The summed E-state index contributed by atoms with van der Waals surface area (Å²) in [6.45, 7) is 0.901. The van der Waals surface area contributed by atoms with E-state index in [4.69, 9.17) is 9.84 Å². The number of hydrogen-bond donors (Lipinski definition) is 1.